The standard InChI is InChI=1S/C12H18N2OS/c1-6-15-12(2-7-16-8-3-12)9-11(1)14-5-4-13-10-14/h4-5,10-11H,1-3,6-9H2. The molecule has 88 valence electrons. The lowest BCUT2D eigenvalue weighted by Gasteiger charge is -2.43. The van der Waals surface area contributed by atoms with E-state index < -0.39 is 0 Å². The van der Waals surface area contributed by atoms with Crippen LogP contribution in [0, 0.1) is 0 Å². The summed E-state index contributed by atoms with van der Waals surface area (Å²) in [6.45, 7) is 0.910. The van der Waals surface area contributed by atoms with E-state index in [-0.39, 0.29) is 5.60 Å². The minimum Gasteiger partial charge on any atom is -0.375 e. The molecule has 0 bridgehead atoms. The lowest BCUT2D eigenvalue weighted by Crippen LogP contribution is -2.43. The molecule has 1 spiro atoms. The smallest absolute Gasteiger partial charge is 0.0948 e. The van der Waals surface area contributed by atoms with Gasteiger partial charge < -0.3 is 9.30 Å². The Bertz CT molecular complexity index is 327. The summed E-state index contributed by atoms with van der Waals surface area (Å²) in [6.07, 6.45) is 10.7. The van der Waals surface area contributed by atoms with Gasteiger partial charge in [-0.25, -0.2) is 4.98 Å². The highest BCUT2D eigenvalue weighted by atomic mass is 32.2. The highest BCUT2D eigenvalue weighted by molar-refractivity contribution is 7.99. The number of hydrogen-bond donors (Lipinski definition) is 0. The van der Waals surface area contributed by atoms with Gasteiger partial charge in [-0.2, -0.15) is 11.8 Å². The fraction of sp³-hybridized carbons (Fsp3) is 0.750. The molecule has 2 saturated heterocycles. The first-order valence-electron chi connectivity index (χ1n) is 6.07. The van der Waals surface area contributed by atoms with E-state index in [1.807, 2.05) is 12.5 Å². The number of imidazole rings is 1. The van der Waals surface area contributed by atoms with E-state index in [2.05, 4.69) is 27.5 Å². The van der Waals surface area contributed by atoms with Gasteiger partial charge in [-0.15, -0.1) is 0 Å². The van der Waals surface area contributed by atoms with E-state index in [0.29, 0.717) is 6.04 Å². The van der Waals surface area contributed by atoms with Crippen molar-refractivity contribution in [2.45, 2.75) is 37.3 Å². The van der Waals surface area contributed by atoms with Crippen LogP contribution in [0.2, 0.25) is 0 Å². The number of rotatable bonds is 1. The number of ether oxygens (including phenoxy) is 1. The van der Waals surface area contributed by atoms with E-state index in [1.165, 1.54) is 30.8 Å². The van der Waals surface area contributed by atoms with E-state index in [1.54, 1.807) is 0 Å². The molecule has 2 aliphatic rings. The van der Waals surface area contributed by atoms with Crippen LogP contribution < -0.4 is 0 Å². The molecular weight excluding hydrogens is 220 g/mol. The Kier molecular flexibility index (Phi) is 2.94. The van der Waals surface area contributed by atoms with Crippen LogP contribution in [0.3, 0.4) is 0 Å². The van der Waals surface area contributed by atoms with Crippen molar-refractivity contribution in [1.29, 1.82) is 0 Å². The van der Waals surface area contributed by atoms with E-state index in [9.17, 15) is 0 Å². The molecule has 0 radical (unpaired) electrons. The lowest BCUT2D eigenvalue weighted by molar-refractivity contribution is -0.0988. The molecule has 0 N–H and O–H groups in total. The molecule has 1 atom stereocenters. The van der Waals surface area contributed by atoms with Crippen LogP contribution in [-0.4, -0.2) is 33.3 Å². The molecule has 0 aromatic carbocycles. The summed E-state index contributed by atoms with van der Waals surface area (Å²) in [5, 5.41) is 0. The van der Waals surface area contributed by atoms with Crippen molar-refractivity contribution < 1.29 is 4.74 Å². The van der Waals surface area contributed by atoms with Crippen molar-refractivity contribution in [3.63, 3.8) is 0 Å². The van der Waals surface area contributed by atoms with Crippen LogP contribution in [0.15, 0.2) is 18.7 Å². The van der Waals surface area contributed by atoms with Crippen LogP contribution in [0.4, 0.5) is 0 Å². The average molecular weight is 238 g/mol. The van der Waals surface area contributed by atoms with Crippen molar-refractivity contribution in [3.8, 4) is 0 Å². The zero-order chi connectivity index (χ0) is 10.8. The quantitative estimate of drug-likeness (QED) is 0.752. The van der Waals surface area contributed by atoms with Crippen molar-refractivity contribution in [1.82, 2.24) is 9.55 Å². The Morgan fingerprint density at radius 3 is 3.00 bits per heavy atom. The van der Waals surface area contributed by atoms with Crippen molar-refractivity contribution >= 4 is 11.8 Å². The summed E-state index contributed by atoms with van der Waals surface area (Å²) in [5.74, 6) is 2.52. The summed E-state index contributed by atoms with van der Waals surface area (Å²) in [5.41, 5.74) is 0.179. The summed E-state index contributed by atoms with van der Waals surface area (Å²) in [7, 11) is 0. The van der Waals surface area contributed by atoms with Crippen molar-refractivity contribution in [2.75, 3.05) is 18.1 Å². The normalized spacial score (nSPS) is 29.4. The van der Waals surface area contributed by atoms with Gasteiger partial charge in [0.05, 0.1) is 11.9 Å². The van der Waals surface area contributed by atoms with Gasteiger partial charge in [-0.1, -0.05) is 0 Å². The molecule has 4 heteroatoms. The molecule has 3 rings (SSSR count). The Morgan fingerprint density at radius 1 is 1.38 bits per heavy atom. The lowest BCUT2D eigenvalue weighted by atomic mass is 9.85. The second kappa shape index (κ2) is 4.41. The van der Waals surface area contributed by atoms with Gasteiger partial charge in [0.1, 0.15) is 0 Å². The third-order valence-electron chi connectivity index (χ3n) is 3.82. The molecular formula is C12H18N2OS. The predicted molar refractivity (Wildman–Crippen MR) is 65.7 cm³/mol. The zero-order valence-corrected chi connectivity index (χ0v) is 10.3. The van der Waals surface area contributed by atoms with Crippen molar-refractivity contribution in [2.24, 2.45) is 0 Å². The molecule has 0 saturated carbocycles. The minimum atomic E-state index is 0.179. The third kappa shape index (κ3) is 2.00. The van der Waals surface area contributed by atoms with Crippen molar-refractivity contribution in [3.05, 3.63) is 18.7 Å². The van der Waals surface area contributed by atoms with Gasteiger partial charge in [0.25, 0.3) is 0 Å². The number of hydrogen-bond acceptors (Lipinski definition) is 3. The van der Waals surface area contributed by atoms with Crippen LogP contribution in [0.1, 0.15) is 31.7 Å². The maximum Gasteiger partial charge on any atom is 0.0948 e. The predicted octanol–water partition coefficient (Wildman–Crippen LogP) is 2.50. The van der Waals surface area contributed by atoms with Gasteiger partial charge in [-0.05, 0) is 37.2 Å². The zero-order valence-electron chi connectivity index (χ0n) is 9.47. The second-order valence-electron chi connectivity index (χ2n) is 4.80. The van der Waals surface area contributed by atoms with Gasteiger partial charge in [0.15, 0.2) is 0 Å². The van der Waals surface area contributed by atoms with Gasteiger partial charge in [0, 0.05) is 25.0 Å². The minimum absolute atomic E-state index is 0.179. The summed E-state index contributed by atoms with van der Waals surface area (Å²) in [6, 6.07) is 0.597. The van der Waals surface area contributed by atoms with Gasteiger partial charge in [0.2, 0.25) is 0 Å². The number of thioether (sulfide) groups is 1. The summed E-state index contributed by atoms with van der Waals surface area (Å²) >= 11 is 2.06. The molecule has 2 aliphatic heterocycles. The highest BCUT2D eigenvalue weighted by Crippen LogP contribution is 2.41. The third-order valence-corrected chi connectivity index (χ3v) is 4.80. The Balaban J connectivity index is 1.74. The van der Waals surface area contributed by atoms with Crippen LogP contribution in [0.25, 0.3) is 0 Å². The fourth-order valence-electron chi connectivity index (χ4n) is 2.83. The molecule has 0 amide bonds. The average Bonchev–Trinajstić information content (AvgIpc) is 2.83. The molecule has 1 aromatic rings. The van der Waals surface area contributed by atoms with E-state index in [4.69, 9.17) is 4.74 Å². The number of nitrogens with zero attached hydrogens (tertiary/aromatic N) is 2. The highest BCUT2D eigenvalue weighted by Gasteiger charge is 2.39. The van der Waals surface area contributed by atoms with E-state index >= 15 is 0 Å². The first kappa shape index (κ1) is 10.7. The summed E-state index contributed by atoms with van der Waals surface area (Å²) in [4.78, 5) is 4.15. The largest absolute Gasteiger partial charge is 0.375 e. The van der Waals surface area contributed by atoms with Gasteiger partial charge >= 0.3 is 0 Å². The molecule has 3 nitrogen and oxygen atoms in total. The van der Waals surface area contributed by atoms with Crippen LogP contribution in [-0.2, 0) is 4.74 Å². The van der Waals surface area contributed by atoms with Gasteiger partial charge in [-0.3, -0.25) is 0 Å². The maximum absolute atomic E-state index is 6.09. The number of aromatic nitrogens is 2. The molecule has 16 heavy (non-hydrogen) atoms. The van der Waals surface area contributed by atoms with E-state index in [0.717, 1.165) is 13.0 Å². The fourth-order valence-corrected chi connectivity index (χ4v) is 4.07. The first-order chi connectivity index (χ1) is 7.88. The topological polar surface area (TPSA) is 27.1 Å². The molecule has 3 heterocycles. The Labute approximate surface area is 101 Å². The molecule has 1 unspecified atom stereocenters. The van der Waals surface area contributed by atoms with Crippen LogP contribution >= 0.6 is 11.8 Å². The monoisotopic (exact) mass is 238 g/mol. The summed E-state index contributed by atoms with van der Waals surface area (Å²) < 4.78 is 8.34. The Hall–Kier alpha value is -0.480. The first-order valence-corrected chi connectivity index (χ1v) is 7.23. The molecule has 0 aliphatic carbocycles. The second-order valence-corrected chi connectivity index (χ2v) is 6.03. The SMILES string of the molecule is c1cn(C2CCOC3(CCSCC3)C2)cn1. The molecule has 2 fully saturated rings. The van der Waals surface area contributed by atoms with Crippen LogP contribution in [0.5, 0.6) is 0 Å². The molecule has 1 aromatic heterocycles. The maximum atomic E-state index is 6.09. The Morgan fingerprint density at radius 2 is 2.25 bits per heavy atom.